The van der Waals surface area contributed by atoms with Gasteiger partial charge in [0.05, 0.1) is 5.56 Å². The Morgan fingerprint density at radius 1 is 0.952 bits per heavy atom. The lowest BCUT2D eigenvalue weighted by Gasteiger charge is -2.19. The van der Waals surface area contributed by atoms with Gasteiger partial charge in [-0.15, -0.1) is 0 Å². The molecule has 0 N–H and O–H groups in total. The summed E-state index contributed by atoms with van der Waals surface area (Å²) in [7, 11) is 0. The van der Waals surface area contributed by atoms with Gasteiger partial charge in [-0.3, -0.25) is 0 Å². The van der Waals surface area contributed by atoms with Crippen molar-refractivity contribution in [3.05, 3.63) is 64.7 Å². The van der Waals surface area contributed by atoms with Crippen LogP contribution < -0.4 is 4.74 Å². The molecule has 0 heterocycles. The molecule has 0 atom stereocenters. The quantitative estimate of drug-likeness (QED) is 0.583. The van der Waals surface area contributed by atoms with Crippen molar-refractivity contribution in [2.24, 2.45) is 0 Å². The Labute approximate surface area is 126 Å². The molecular formula is C19H22O2. The number of carbonyl (C=O) groups excluding carboxylic acids is 1. The molecule has 2 rings (SSSR count). The SMILES string of the molecule is Cc1ccc(OC(=O)c2ccc(C(C)(C)C)cc2)c(C)c1. The molecule has 0 aliphatic rings. The summed E-state index contributed by atoms with van der Waals surface area (Å²) < 4.78 is 5.47. The van der Waals surface area contributed by atoms with E-state index in [2.05, 4.69) is 20.8 Å². The smallest absolute Gasteiger partial charge is 0.343 e. The van der Waals surface area contributed by atoms with E-state index in [-0.39, 0.29) is 11.4 Å². The molecule has 2 aromatic carbocycles. The molecule has 2 aromatic rings. The van der Waals surface area contributed by atoms with E-state index >= 15 is 0 Å². The van der Waals surface area contributed by atoms with Crippen LogP contribution in [0.15, 0.2) is 42.5 Å². The predicted molar refractivity (Wildman–Crippen MR) is 86.0 cm³/mol. The maximum atomic E-state index is 12.2. The van der Waals surface area contributed by atoms with Crippen LogP contribution in [-0.4, -0.2) is 5.97 Å². The summed E-state index contributed by atoms with van der Waals surface area (Å²) in [5, 5.41) is 0. The molecule has 0 amide bonds. The summed E-state index contributed by atoms with van der Waals surface area (Å²) in [5.74, 6) is 0.299. The van der Waals surface area contributed by atoms with Gasteiger partial charge in [0, 0.05) is 0 Å². The highest BCUT2D eigenvalue weighted by molar-refractivity contribution is 5.91. The molecule has 0 aliphatic heterocycles. The normalized spacial score (nSPS) is 11.3. The minimum Gasteiger partial charge on any atom is -0.423 e. The van der Waals surface area contributed by atoms with Crippen LogP contribution in [0, 0.1) is 13.8 Å². The Morgan fingerprint density at radius 2 is 1.57 bits per heavy atom. The van der Waals surface area contributed by atoms with Crippen LogP contribution in [0.25, 0.3) is 0 Å². The van der Waals surface area contributed by atoms with E-state index in [1.165, 1.54) is 5.56 Å². The first kappa shape index (κ1) is 15.3. The van der Waals surface area contributed by atoms with Crippen LogP contribution in [0.2, 0.25) is 0 Å². The van der Waals surface area contributed by atoms with Gasteiger partial charge in [-0.1, -0.05) is 50.6 Å². The third kappa shape index (κ3) is 3.72. The number of aryl methyl sites for hydroxylation is 2. The van der Waals surface area contributed by atoms with Gasteiger partial charge in [0.25, 0.3) is 0 Å². The Hall–Kier alpha value is -2.09. The van der Waals surface area contributed by atoms with Crippen molar-refractivity contribution in [2.75, 3.05) is 0 Å². The van der Waals surface area contributed by atoms with Gasteiger partial charge in [-0.2, -0.15) is 0 Å². The lowest BCUT2D eigenvalue weighted by molar-refractivity contribution is 0.0733. The highest BCUT2D eigenvalue weighted by Crippen LogP contribution is 2.23. The number of hydrogen-bond donors (Lipinski definition) is 0. The van der Waals surface area contributed by atoms with Crippen molar-refractivity contribution in [3.8, 4) is 5.75 Å². The van der Waals surface area contributed by atoms with Gasteiger partial charge in [-0.25, -0.2) is 4.79 Å². The standard InChI is InChI=1S/C19H22O2/c1-13-6-11-17(14(2)12-13)21-18(20)15-7-9-16(10-8-15)19(3,4)5/h6-12H,1-5H3. The van der Waals surface area contributed by atoms with Gasteiger partial charge in [0.15, 0.2) is 0 Å². The Morgan fingerprint density at radius 3 is 2.10 bits per heavy atom. The average Bonchev–Trinajstić information content (AvgIpc) is 2.41. The van der Waals surface area contributed by atoms with Gasteiger partial charge in [-0.05, 0) is 48.6 Å². The summed E-state index contributed by atoms with van der Waals surface area (Å²) in [5.41, 5.74) is 3.97. The van der Waals surface area contributed by atoms with E-state index < -0.39 is 0 Å². The highest BCUT2D eigenvalue weighted by Gasteiger charge is 2.15. The van der Waals surface area contributed by atoms with E-state index in [0.717, 1.165) is 11.1 Å². The molecule has 2 heteroatoms. The summed E-state index contributed by atoms with van der Waals surface area (Å²) >= 11 is 0. The van der Waals surface area contributed by atoms with E-state index in [1.54, 1.807) is 0 Å². The third-order valence-corrected chi connectivity index (χ3v) is 3.52. The molecule has 21 heavy (non-hydrogen) atoms. The Balaban J connectivity index is 2.17. The maximum absolute atomic E-state index is 12.2. The fourth-order valence-corrected chi connectivity index (χ4v) is 2.18. The summed E-state index contributed by atoms with van der Waals surface area (Å²) in [6.45, 7) is 10.4. The van der Waals surface area contributed by atoms with E-state index in [4.69, 9.17) is 4.74 Å². The molecule has 0 aliphatic carbocycles. The molecule has 0 aromatic heterocycles. The van der Waals surface area contributed by atoms with Crippen LogP contribution in [0.5, 0.6) is 5.75 Å². The second kappa shape index (κ2) is 5.72. The molecule has 0 radical (unpaired) electrons. The summed E-state index contributed by atoms with van der Waals surface area (Å²) in [6.07, 6.45) is 0. The highest BCUT2D eigenvalue weighted by atomic mass is 16.5. The lowest BCUT2D eigenvalue weighted by atomic mass is 9.87. The molecule has 0 unspecified atom stereocenters. The fraction of sp³-hybridized carbons (Fsp3) is 0.316. The van der Waals surface area contributed by atoms with Crippen LogP contribution in [-0.2, 0) is 5.41 Å². The van der Waals surface area contributed by atoms with Gasteiger partial charge in [0.2, 0.25) is 0 Å². The number of rotatable bonds is 2. The predicted octanol–water partition coefficient (Wildman–Crippen LogP) is 4.82. The van der Waals surface area contributed by atoms with Crippen molar-refractivity contribution in [1.29, 1.82) is 0 Å². The van der Waals surface area contributed by atoms with E-state index in [9.17, 15) is 4.79 Å². The average molecular weight is 282 g/mol. The molecule has 0 fully saturated rings. The zero-order chi connectivity index (χ0) is 15.6. The first-order chi connectivity index (χ1) is 9.77. The third-order valence-electron chi connectivity index (χ3n) is 3.52. The van der Waals surface area contributed by atoms with Crippen LogP contribution in [0.4, 0.5) is 0 Å². The van der Waals surface area contributed by atoms with Gasteiger partial charge < -0.3 is 4.74 Å². The molecule has 2 nitrogen and oxygen atoms in total. The second-order valence-corrected chi connectivity index (χ2v) is 6.49. The zero-order valence-corrected chi connectivity index (χ0v) is 13.4. The topological polar surface area (TPSA) is 26.3 Å². The van der Waals surface area contributed by atoms with E-state index in [1.807, 2.05) is 56.3 Å². The first-order valence-electron chi connectivity index (χ1n) is 7.17. The number of benzene rings is 2. The molecule has 0 bridgehead atoms. The molecule has 0 spiro atoms. The molecule has 0 saturated heterocycles. The van der Waals surface area contributed by atoms with Crippen molar-refractivity contribution < 1.29 is 9.53 Å². The Kier molecular flexibility index (Phi) is 4.17. The Bertz CT molecular complexity index is 646. The van der Waals surface area contributed by atoms with Crippen LogP contribution in [0.3, 0.4) is 0 Å². The summed E-state index contributed by atoms with van der Waals surface area (Å²) in [6, 6.07) is 13.4. The van der Waals surface area contributed by atoms with Crippen molar-refractivity contribution in [2.45, 2.75) is 40.0 Å². The minimum absolute atomic E-state index is 0.0793. The number of carbonyl (C=O) groups is 1. The number of esters is 1. The van der Waals surface area contributed by atoms with Crippen LogP contribution in [0.1, 0.15) is 47.8 Å². The molecule has 110 valence electrons. The minimum atomic E-state index is -0.317. The molecule has 0 saturated carbocycles. The lowest BCUT2D eigenvalue weighted by Crippen LogP contribution is -2.13. The van der Waals surface area contributed by atoms with Crippen molar-refractivity contribution >= 4 is 5.97 Å². The number of hydrogen-bond acceptors (Lipinski definition) is 2. The summed E-state index contributed by atoms with van der Waals surface area (Å²) in [4.78, 5) is 12.2. The van der Waals surface area contributed by atoms with Crippen molar-refractivity contribution in [1.82, 2.24) is 0 Å². The number of ether oxygens (including phenoxy) is 1. The fourth-order valence-electron chi connectivity index (χ4n) is 2.18. The van der Waals surface area contributed by atoms with Gasteiger partial charge in [0.1, 0.15) is 5.75 Å². The van der Waals surface area contributed by atoms with Gasteiger partial charge >= 0.3 is 5.97 Å². The monoisotopic (exact) mass is 282 g/mol. The van der Waals surface area contributed by atoms with Crippen LogP contribution >= 0.6 is 0 Å². The maximum Gasteiger partial charge on any atom is 0.343 e. The largest absolute Gasteiger partial charge is 0.423 e. The molecular weight excluding hydrogens is 260 g/mol. The second-order valence-electron chi connectivity index (χ2n) is 6.49. The zero-order valence-electron chi connectivity index (χ0n) is 13.4. The van der Waals surface area contributed by atoms with E-state index in [0.29, 0.717) is 11.3 Å². The first-order valence-corrected chi connectivity index (χ1v) is 7.17. The van der Waals surface area contributed by atoms with Crippen molar-refractivity contribution in [3.63, 3.8) is 0 Å².